The maximum Gasteiger partial charge on any atom is 0.0946 e. The molecular weight excluding hydrogens is 299 g/mol. The van der Waals surface area contributed by atoms with E-state index < -0.39 is 0 Å². The highest BCUT2D eigenvalue weighted by atomic mass is 127. The quantitative estimate of drug-likeness (QED) is 0.616. The average molecular weight is 308 g/mol. The summed E-state index contributed by atoms with van der Waals surface area (Å²) in [6.07, 6.45) is 5.38. The molecule has 0 radical (unpaired) electrons. The molecule has 2 aromatic rings. The SMILES string of the molecule is Ic1ccncc1N=Cc1ccccc1. The summed E-state index contributed by atoms with van der Waals surface area (Å²) in [5.41, 5.74) is 2.00. The normalized spacial score (nSPS) is 10.7. The molecule has 0 amide bonds. The highest BCUT2D eigenvalue weighted by Gasteiger charge is 1.94. The predicted octanol–water partition coefficient (Wildman–Crippen LogP) is 3.44. The number of aromatic nitrogens is 1. The number of rotatable bonds is 2. The third-order valence-electron chi connectivity index (χ3n) is 1.90. The Morgan fingerprint density at radius 2 is 1.93 bits per heavy atom. The molecule has 0 fully saturated rings. The van der Waals surface area contributed by atoms with E-state index in [2.05, 4.69) is 32.6 Å². The summed E-state index contributed by atoms with van der Waals surface area (Å²) in [4.78, 5) is 8.42. The van der Waals surface area contributed by atoms with Crippen molar-refractivity contribution in [3.63, 3.8) is 0 Å². The Balaban J connectivity index is 2.23. The van der Waals surface area contributed by atoms with Crippen LogP contribution in [0, 0.1) is 3.57 Å². The Bertz CT molecular complexity index is 466. The molecule has 3 heteroatoms. The van der Waals surface area contributed by atoms with E-state index in [0.717, 1.165) is 14.8 Å². The number of benzene rings is 1. The van der Waals surface area contributed by atoms with Crippen LogP contribution in [-0.2, 0) is 0 Å². The second-order valence-corrected chi connectivity index (χ2v) is 4.16. The molecule has 1 heterocycles. The Hall–Kier alpha value is -1.23. The van der Waals surface area contributed by atoms with Crippen molar-refractivity contribution in [1.82, 2.24) is 4.98 Å². The van der Waals surface area contributed by atoms with Gasteiger partial charge in [-0.15, -0.1) is 0 Å². The molecule has 0 saturated heterocycles. The van der Waals surface area contributed by atoms with Crippen LogP contribution in [0.2, 0.25) is 0 Å². The minimum atomic E-state index is 0.905. The van der Waals surface area contributed by atoms with Crippen LogP contribution in [-0.4, -0.2) is 11.2 Å². The van der Waals surface area contributed by atoms with Gasteiger partial charge in [-0.2, -0.15) is 0 Å². The van der Waals surface area contributed by atoms with Crippen molar-refractivity contribution in [2.24, 2.45) is 4.99 Å². The van der Waals surface area contributed by atoms with Crippen LogP contribution >= 0.6 is 22.6 Å². The third kappa shape index (κ3) is 2.86. The van der Waals surface area contributed by atoms with Crippen molar-refractivity contribution in [3.05, 3.63) is 57.9 Å². The maximum atomic E-state index is 4.38. The Kier molecular flexibility index (Phi) is 3.45. The summed E-state index contributed by atoms with van der Waals surface area (Å²) in [5.74, 6) is 0. The molecule has 0 N–H and O–H groups in total. The zero-order chi connectivity index (χ0) is 10.5. The van der Waals surface area contributed by atoms with Crippen LogP contribution in [0.15, 0.2) is 53.8 Å². The monoisotopic (exact) mass is 308 g/mol. The van der Waals surface area contributed by atoms with E-state index in [0.29, 0.717) is 0 Å². The first-order chi connectivity index (χ1) is 7.36. The van der Waals surface area contributed by atoms with Crippen molar-refractivity contribution < 1.29 is 0 Å². The minimum Gasteiger partial charge on any atom is -0.262 e. The number of nitrogens with zero attached hydrogens (tertiary/aromatic N) is 2. The molecule has 74 valence electrons. The zero-order valence-corrected chi connectivity index (χ0v) is 10.1. The molecule has 0 saturated carbocycles. The van der Waals surface area contributed by atoms with Crippen LogP contribution in [0.4, 0.5) is 5.69 Å². The lowest BCUT2D eigenvalue weighted by Crippen LogP contribution is -1.80. The summed E-state index contributed by atoms with van der Waals surface area (Å²) in [5, 5.41) is 0. The maximum absolute atomic E-state index is 4.38. The zero-order valence-electron chi connectivity index (χ0n) is 7.97. The Labute approximate surface area is 102 Å². The Morgan fingerprint density at radius 3 is 2.67 bits per heavy atom. The van der Waals surface area contributed by atoms with Crippen molar-refractivity contribution in [2.45, 2.75) is 0 Å². The van der Waals surface area contributed by atoms with E-state index >= 15 is 0 Å². The number of hydrogen-bond donors (Lipinski definition) is 0. The first kappa shape index (κ1) is 10.3. The van der Waals surface area contributed by atoms with Crippen molar-refractivity contribution in [1.29, 1.82) is 0 Å². The van der Waals surface area contributed by atoms with Crippen LogP contribution in [0.25, 0.3) is 0 Å². The van der Waals surface area contributed by atoms with Crippen LogP contribution in [0.3, 0.4) is 0 Å². The van der Waals surface area contributed by atoms with Gasteiger partial charge in [0.2, 0.25) is 0 Å². The first-order valence-electron chi connectivity index (χ1n) is 4.55. The number of hydrogen-bond acceptors (Lipinski definition) is 2. The minimum absolute atomic E-state index is 0.905. The lowest BCUT2D eigenvalue weighted by atomic mass is 10.2. The van der Waals surface area contributed by atoms with Crippen molar-refractivity contribution in [2.75, 3.05) is 0 Å². The van der Waals surface area contributed by atoms with Gasteiger partial charge in [0.05, 0.1) is 11.9 Å². The molecular formula is C12H9IN2. The van der Waals surface area contributed by atoms with E-state index in [1.165, 1.54) is 0 Å². The molecule has 0 unspecified atom stereocenters. The summed E-state index contributed by atoms with van der Waals surface area (Å²) in [7, 11) is 0. The van der Waals surface area contributed by atoms with Gasteiger partial charge >= 0.3 is 0 Å². The van der Waals surface area contributed by atoms with Gasteiger partial charge in [0.25, 0.3) is 0 Å². The summed E-state index contributed by atoms with van der Waals surface area (Å²) in [6, 6.07) is 12.0. The van der Waals surface area contributed by atoms with Gasteiger partial charge in [0.1, 0.15) is 0 Å². The van der Waals surface area contributed by atoms with Crippen LogP contribution in [0.1, 0.15) is 5.56 Å². The second kappa shape index (κ2) is 5.02. The van der Waals surface area contributed by atoms with E-state index in [1.54, 1.807) is 12.4 Å². The molecule has 0 aliphatic carbocycles. The number of pyridine rings is 1. The average Bonchev–Trinajstić information content (AvgIpc) is 2.29. The fraction of sp³-hybridized carbons (Fsp3) is 0. The van der Waals surface area contributed by atoms with E-state index in [1.807, 2.05) is 42.6 Å². The van der Waals surface area contributed by atoms with Gasteiger partial charge in [-0.05, 0) is 34.2 Å². The Morgan fingerprint density at radius 1 is 1.13 bits per heavy atom. The van der Waals surface area contributed by atoms with Crippen LogP contribution < -0.4 is 0 Å². The highest BCUT2D eigenvalue weighted by molar-refractivity contribution is 14.1. The van der Waals surface area contributed by atoms with Gasteiger partial charge < -0.3 is 0 Å². The molecule has 2 rings (SSSR count). The van der Waals surface area contributed by atoms with E-state index in [4.69, 9.17) is 0 Å². The molecule has 0 atom stereocenters. The molecule has 2 nitrogen and oxygen atoms in total. The van der Waals surface area contributed by atoms with Gasteiger partial charge in [-0.25, -0.2) is 0 Å². The van der Waals surface area contributed by atoms with Crippen molar-refractivity contribution >= 4 is 34.5 Å². The van der Waals surface area contributed by atoms with E-state index in [-0.39, 0.29) is 0 Å². The number of halogens is 1. The first-order valence-corrected chi connectivity index (χ1v) is 5.63. The topological polar surface area (TPSA) is 25.2 Å². The molecule has 0 aliphatic heterocycles. The van der Waals surface area contributed by atoms with Crippen LogP contribution in [0.5, 0.6) is 0 Å². The lowest BCUT2D eigenvalue weighted by molar-refractivity contribution is 1.29. The molecule has 1 aromatic carbocycles. The molecule has 0 bridgehead atoms. The molecule has 0 aliphatic rings. The van der Waals surface area contributed by atoms with Gasteiger partial charge in [-0.3, -0.25) is 9.98 Å². The largest absolute Gasteiger partial charge is 0.262 e. The molecule has 15 heavy (non-hydrogen) atoms. The summed E-state index contributed by atoms with van der Waals surface area (Å²) in [6.45, 7) is 0. The number of aliphatic imine (C=N–C) groups is 1. The van der Waals surface area contributed by atoms with E-state index in [9.17, 15) is 0 Å². The molecule has 1 aromatic heterocycles. The third-order valence-corrected chi connectivity index (χ3v) is 2.81. The fourth-order valence-electron chi connectivity index (χ4n) is 1.15. The highest BCUT2D eigenvalue weighted by Crippen LogP contribution is 2.18. The summed E-state index contributed by atoms with van der Waals surface area (Å²) >= 11 is 2.25. The van der Waals surface area contributed by atoms with Gasteiger partial charge in [-0.1, -0.05) is 30.3 Å². The lowest BCUT2D eigenvalue weighted by Gasteiger charge is -1.95. The smallest absolute Gasteiger partial charge is 0.0946 e. The fourth-order valence-corrected chi connectivity index (χ4v) is 1.59. The van der Waals surface area contributed by atoms with Gasteiger partial charge in [0, 0.05) is 16.0 Å². The predicted molar refractivity (Wildman–Crippen MR) is 70.7 cm³/mol. The van der Waals surface area contributed by atoms with Crippen molar-refractivity contribution in [3.8, 4) is 0 Å². The molecule has 0 spiro atoms. The van der Waals surface area contributed by atoms with Gasteiger partial charge in [0.15, 0.2) is 0 Å². The second-order valence-electron chi connectivity index (χ2n) is 3.00. The summed E-state index contributed by atoms with van der Waals surface area (Å²) < 4.78 is 1.11. The standard InChI is InChI=1S/C12H9IN2/c13-11-6-7-14-9-12(11)15-8-10-4-2-1-3-5-10/h1-9H.